The second-order valence-corrected chi connectivity index (χ2v) is 18.9. The summed E-state index contributed by atoms with van der Waals surface area (Å²) in [4.78, 5) is 10.8. The van der Waals surface area contributed by atoms with Gasteiger partial charge >= 0.3 is 0 Å². The number of fused-ring (bicyclic) bond motifs is 9. The smallest absolute Gasteiger partial charge is 0.160 e. The molecule has 1 aliphatic rings. The van der Waals surface area contributed by atoms with Crippen LogP contribution in [0.3, 0.4) is 0 Å². The zero-order valence-electron chi connectivity index (χ0n) is 29.5. The Morgan fingerprint density at radius 3 is 1.64 bits per heavy atom. The van der Waals surface area contributed by atoms with Crippen molar-refractivity contribution >= 4 is 62.1 Å². The number of aromatic nitrogens is 4. The minimum Gasteiger partial charge on any atom is -0.309 e. The zero-order chi connectivity index (χ0) is 35.3. The molecule has 0 unspecified atom stereocenters. The third-order valence-electron chi connectivity index (χ3n) is 11.3. The van der Waals surface area contributed by atoms with Gasteiger partial charge in [0.25, 0.3) is 0 Å². The molecule has 53 heavy (non-hydrogen) atoms. The van der Waals surface area contributed by atoms with Gasteiger partial charge in [0, 0.05) is 44.0 Å². The topological polar surface area (TPSA) is 35.6 Å². The van der Waals surface area contributed by atoms with E-state index in [1.807, 2.05) is 0 Å². The van der Waals surface area contributed by atoms with Crippen molar-refractivity contribution in [3.05, 3.63) is 170 Å². The zero-order valence-corrected chi connectivity index (χ0v) is 30.5. The van der Waals surface area contributed by atoms with Gasteiger partial charge in [0.05, 0.1) is 33.5 Å². The van der Waals surface area contributed by atoms with Crippen LogP contribution in [0.5, 0.6) is 0 Å². The number of rotatable bonds is 4. The van der Waals surface area contributed by atoms with Crippen molar-refractivity contribution in [1.82, 2.24) is 19.1 Å². The highest BCUT2D eigenvalue weighted by Gasteiger charge is 2.41. The molecule has 7 aromatic carbocycles. The molecule has 0 aliphatic carbocycles. The highest BCUT2D eigenvalue weighted by molar-refractivity contribution is 7.04. The van der Waals surface area contributed by atoms with Gasteiger partial charge < -0.3 is 9.13 Å². The van der Waals surface area contributed by atoms with Crippen molar-refractivity contribution in [2.24, 2.45) is 0 Å². The standard InChI is InChI=1S/C48H34N4Si/c1-53(2)44-27-14-11-24-37(44)46-47(53)45(31-16-5-3-6-17-31)49-48(50-46)32-18-15-21-34(28-32)52-41-26-13-10-23-36(41)39-29-42-38(30-43(39)52)35-22-9-12-25-40(35)51(42)33-19-7-4-8-20-33/h3-30H,1-2H3. The molecule has 0 N–H and O–H groups in total. The molecule has 0 atom stereocenters. The van der Waals surface area contributed by atoms with Crippen LogP contribution >= 0.6 is 0 Å². The molecule has 0 fully saturated rings. The summed E-state index contributed by atoms with van der Waals surface area (Å²) in [5.41, 5.74) is 12.5. The highest BCUT2D eigenvalue weighted by atomic mass is 28.3. The number of benzene rings is 7. The number of hydrogen-bond acceptors (Lipinski definition) is 2. The van der Waals surface area contributed by atoms with E-state index in [-0.39, 0.29) is 0 Å². The predicted octanol–water partition coefficient (Wildman–Crippen LogP) is 10.8. The Labute approximate surface area is 308 Å². The molecule has 0 radical (unpaired) electrons. The summed E-state index contributed by atoms with van der Waals surface area (Å²) < 4.78 is 4.81. The lowest BCUT2D eigenvalue weighted by molar-refractivity contribution is 1.16. The first-order valence-electron chi connectivity index (χ1n) is 18.3. The van der Waals surface area contributed by atoms with Crippen LogP contribution in [0.1, 0.15) is 0 Å². The van der Waals surface area contributed by atoms with Gasteiger partial charge in [-0.15, -0.1) is 0 Å². The van der Waals surface area contributed by atoms with Crippen molar-refractivity contribution in [1.29, 1.82) is 0 Å². The maximum absolute atomic E-state index is 5.43. The van der Waals surface area contributed by atoms with E-state index in [1.165, 1.54) is 59.5 Å². The maximum Gasteiger partial charge on any atom is 0.160 e. The number of hydrogen-bond donors (Lipinski definition) is 0. The first kappa shape index (κ1) is 30.1. The third kappa shape index (κ3) is 4.35. The van der Waals surface area contributed by atoms with Gasteiger partial charge in [0.15, 0.2) is 5.82 Å². The molecular weight excluding hydrogens is 661 g/mol. The molecule has 4 nitrogen and oxygen atoms in total. The minimum absolute atomic E-state index is 0.750. The van der Waals surface area contributed by atoms with E-state index in [9.17, 15) is 0 Å². The molecule has 1 aliphatic heterocycles. The van der Waals surface area contributed by atoms with E-state index in [2.05, 4.69) is 192 Å². The summed E-state index contributed by atoms with van der Waals surface area (Å²) >= 11 is 0. The fraction of sp³-hybridized carbons (Fsp3) is 0.0417. The van der Waals surface area contributed by atoms with Gasteiger partial charge in [0.1, 0.15) is 8.07 Å². The minimum atomic E-state index is -2.04. The number of para-hydroxylation sites is 3. The second kappa shape index (κ2) is 11.2. The molecule has 250 valence electrons. The molecule has 3 aromatic heterocycles. The number of nitrogens with zero attached hydrogens (tertiary/aromatic N) is 4. The monoisotopic (exact) mass is 694 g/mol. The van der Waals surface area contributed by atoms with Crippen LogP contribution in [0, 0.1) is 0 Å². The summed E-state index contributed by atoms with van der Waals surface area (Å²) in [6, 6.07) is 61.3. The van der Waals surface area contributed by atoms with Gasteiger partial charge in [-0.3, -0.25) is 0 Å². The Bertz CT molecular complexity index is 3080. The predicted molar refractivity (Wildman–Crippen MR) is 224 cm³/mol. The first-order chi connectivity index (χ1) is 26.1. The fourth-order valence-electron chi connectivity index (χ4n) is 8.90. The van der Waals surface area contributed by atoms with E-state index < -0.39 is 8.07 Å². The third-order valence-corrected chi connectivity index (χ3v) is 14.8. The molecule has 4 heterocycles. The van der Waals surface area contributed by atoms with Crippen LogP contribution in [-0.4, -0.2) is 27.2 Å². The first-order valence-corrected chi connectivity index (χ1v) is 21.3. The van der Waals surface area contributed by atoms with Crippen LogP contribution in [0.15, 0.2) is 170 Å². The molecule has 0 amide bonds. The Morgan fingerprint density at radius 1 is 0.415 bits per heavy atom. The largest absolute Gasteiger partial charge is 0.309 e. The molecule has 11 rings (SSSR count). The molecule has 0 bridgehead atoms. The van der Waals surface area contributed by atoms with Crippen LogP contribution < -0.4 is 10.4 Å². The summed E-state index contributed by atoms with van der Waals surface area (Å²) in [6.07, 6.45) is 0. The van der Waals surface area contributed by atoms with Crippen LogP contribution in [0.25, 0.3) is 88.9 Å². The summed E-state index contributed by atoms with van der Waals surface area (Å²) in [7, 11) is -2.04. The highest BCUT2D eigenvalue weighted by Crippen LogP contribution is 2.40. The van der Waals surface area contributed by atoms with E-state index in [0.29, 0.717) is 0 Å². The van der Waals surface area contributed by atoms with E-state index in [1.54, 1.807) is 0 Å². The maximum atomic E-state index is 5.43. The average Bonchev–Trinajstić information content (AvgIpc) is 3.80. The van der Waals surface area contributed by atoms with Crippen LogP contribution in [0.4, 0.5) is 0 Å². The van der Waals surface area contributed by atoms with Crippen LogP contribution in [-0.2, 0) is 0 Å². The lowest BCUT2D eigenvalue weighted by Crippen LogP contribution is -2.50. The molecule has 10 aromatic rings. The van der Waals surface area contributed by atoms with Crippen molar-refractivity contribution in [3.8, 4) is 45.3 Å². The molecule has 5 heteroatoms. The molecule has 0 saturated heterocycles. The molecule has 0 spiro atoms. The lowest BCUT2D eigenvalue weighted by atomic mass is 10.1. The van der Waals surface area contributed by atoms with E-state index in [0.717, 1.165) is 39.7 Å². The van der Waals surface area contributed by atoms with Crippen molar-refractivity contribution in [2.75, 3.05) is 0 Å². The van der Waals surface area contributed by atoms with Gasteiger partial charge in [-0.25, -0.2) is 9.97 Å². The van der Waals surface area contributed by atoms with Gasteiger partial charge in [-0.05, 0) is 64.5 Å². The SMILES string of the molecule is C[Si]1(C)c2ccccc2-c2nc(-c3cccc(-n4c5ccccc5c5cc6c(cc54)c4ccccc4n6-c4ccccc4)c3)nc(-c3ccccc3)c21. The van der Waals surface area contributed by atoms with Crippen molar-refractivity contribution in [3.63, 3.8) is 0 Å². The normalized spacial score (nSPS) is 13.2. The molecular formula is C48H34N4Si. The average molecular weight is 695 g/mol. The summed E-state index contributed by atoms with van der Waals surface area (Å²) in [5.74, 6) is 0.750. The second-order valence-electron chi connectivity index (χ2n) is 14.6. The lowest BCUT2D eigenvalue weighted by Gasteiger charge is -2.21. The Balaban J connectivity index is 1.16. The quantitative estimate of drug-likeness (QED) is 0.172. The Morgan fingerprint density at radius 2 is 0.943 bits per heavy atom. The summed E-state index contributed by atoms with van der Waals surface area (Å²) in [6.45, 7) is 4.87. The van der Waals surface area contributed by atoms with Gasteiger partial charge in [-0.2, -0.15) is 0 Å². The fourth-order valence-corrected chi connectivity index (χ4v) is 12.1. The van der Waals surface area contributed by atoms with Gasteiger partial charge in [-0.1, -0.05) is 134 Å². The van der Waals surface area contributed by atoms with Crippen molar-refractivity contribution < 1.29 is 0 Å². The van der Waals surface area contributed by atoms with Crippen LogP contribution in [0.2, 0.25) is 13.1 Å². The molecule has 0 saturated carbocycles. The Hall–Kier alpha value is -6.56. The van der Waals surface area contributed by atoms with E-state index >= 15 is 0 Å². The van der Waals surface area contributed by atoms with E-state index in [4.69, 9.17) is 9.97 Å². The Kier molecular flexibility index (Phi) is 6.37. The summed E-state index contributed by atoms with van der Waals surface area (Å²) in [5, 5.41) is 7.68. The van der Waals surface area contributed by atoms with Gasteiger partial charge in [0.2, 0.25) is 0 Å². The van der Waals surface area contributed by atoms with Crippen molar-refractivity contribution in [2.45, 2.75) is 13.1 Å².